The van der Waals surface area contributed by atoms with Crippen molar-refractivity contribution in [3.8, 4) is 0 Å². The number of nitrogens with zero attached hydrogens (tertiary/aromatic N) is 1. The zero-order valence-electron chi connectivity index (χ0n) is 12.4. The molecule has 5 heteroatoms. The molecule has 0 unspecified atom stereocenters. The van der Waals surface area contributed by atoms with Crippen LogP contribution in [0.5, 0.6) is 0 Å². The summed E-state index contributed by atoms with van der Waals surface area (Å²) < 4.78 is 26.9. The third-order valence-corrected chi connectivity index (χ3v) is 4.70. The first-order valence-electron chi connectivity index (χ1n) is 7.51. The van der Waals surface area contributed by atoms with Crippen LogP contribution < -0.4 is 4.90 Å². The Hall–Kier alpha value is -1.75. The molecule has 1 aliphatic rings. The lowest BCUT2D eigenvalue weighted by molar-refractivity contribution is -0.116. The lowest BCUT2D eigenvalue weighted by Crippen LogP contribution is -2.32. The topological polar surface area (TPSA) is 20.3 Å². The van der Waals surface area contributed by atoms with Crippen LogP contribution >= 0.6 is 15.9 Å². The number of halogens is 3. The molecule has 1 heterocycles. The molecule has 3 rings (SSSR count). The van der Waals surface area contributed by atoms with E-state index in [0.717, 1.165) is 24.0 Å². The van der Waals surface area contributed by atoms with E-state index in [-0.39, 0.29) is 28.8 Å². The Morgan fingerprint density at radius 1 is 1.13 bits per heavy atom. The van der Waals surface area contributed by atoms with Crippen molar-refractivity contribution in [3.63, 3.8) is 0 Å². The minimum atomic E-state index is -0.365. The van der Waals surface area contributed by atoms with Crippen molar-refractivity contribution in [1.29, 1.82) is 0 Å². The highest BCUT2D eigenvalue weighted by atomic mass is 79.9. The molecule has 0 saturated carbocycles. The van der Waals surface area contributed by atoms with E-state index in [2.05, 4.69) is 15.9 Å². The first-order chi connectivity index (χ1) is 11.1. The van der Waals surface area contributed by atoms with Gasteiger partial charge in [-0.2, -0.15) is 0 Å². The summed E-state index contributed by atoms with van der Waals surface area (Å²) in [5, 5.41) is 0.199. The molecule has 2 nitrogen and oxygen atoms in total. The summed E-state index contributed by atoms with van der Waals surface area (Å²) in [7, 11) is 0. The van der Waals surface area contributed by atoms with Gasteiger partial charge in [-0.15, -0.1) is 0 Å². The van der Waals surface area contributed by atoms with Crippen LogP contribution in [0, 0.1) is 11.6 Å². The van der Waals surface area contributed by atoms with Crippen molar-refractivity contribution in [2.45, 2.75) is 18.8 Å². The number of amides is 1. The van der Waals surface area contributed by atoms with Crippen molar-refractivity contribution < 1.29 is 13.6 Å². The molecule has 0 fully saturated rings. The molecule has 1 amide bonds. The van der Waals surface area contributed by atoms with Gasteiger partial charge in [-0.3, -0.25) is 4.79 Å². The molecule has 0 bridgehead atoms. The van der Waals surface area contributed by atoms with Gasteiger partial charge >= 0.3 is 0 Å². The van der Waals surface area contributed by atoms with Crippen molar-refractivity contribution in [1.82, 2.24) is 0 Å². The molecule has 0 radical (unpaired) electrons. The third-order valence-electron chi connectivity index (χ3n) is 4.22. The molecule has 2 aromatic carbocycles. The van der Waals surface area contributed by atoms with E-state index < -0.39 is 0 Å². The van der Waals surface area contributed by atoms with Gasteiger partial charge in [0.15, 0.2) is 0 Å². The Bertz CT molecular complexity index is 717. The number of carbonyl (C=O) groups is 1. The van der Waals surface area contributed by atoms with Crippen molar-refractivity contribution in [3.05, 3.63) is 65.2 Å². The summed E-state index contributed by atoms with van der Waals surface area (Å²) >= 11 is 3.19. The summed E-state index contributed by atoms with van der Waals surface area (Å²) in [6.07, 6.45) is 1.63. The molecule has 2 aromatic rings. The maximum atomic E-state index is 13.8. The lowest BCUT2D eigenvalue weighted by atomic mass is 9.87. The van der Waals surface area contributed by atoms with Crippen LogP contribution in [0.2, 0.25) is 0 Å². The smallest absolute Gasteiger partial charge is 0.237 e. The number of alkyl halides is 1. The fourth-order valence-electron chi connectivity index (χ4n) is 3.15. The van der Waals surface area contributed by atoms with Crippen molar-refractivity contribution in [2.75, 3.05) is 16.8 Å². The average Bonchev–Trinajstić information content (AvgIpc) is 2.74. The SMILES string of the molecule is O=C(CBr)N1CCC[C@@H](c2ccc(F)cc2)c2ccc(F)cc21. The number of anilines is 1. The van der Waals surface area contributed by atoms with Gasteiger partial charge in [0.05, 0.1) is 11.0 Å². The van der Waals surface area contributed by atoms with Gasteiger partial charge in [-0.1, -0.05) is 34.1 Å². The van der Waals surface area contributed by atoms with Gasteiger partial charge in [0.2, 0.25) is 5.91 Å². The number of rotatable bonds is 2. The number of benzene rings is 2. The molecular weight excluding hydrogens is 364 g/mol. The molecule has 0 spiro atoms. The van der Waals surface area contributed by atoms with E-state index in [1.54, 1.807) is 23.1 Å². The summed E-state index contributed by atoms with van der Waals surface area (Å²) in [6, 6.07) is 11.0. The fraction of sp³-hybridized carbons (Fsp3) is 0.278. The summed E-state index contributed by atoms with van der Waals surface area (Å²) in [4.78, 5) is 13.8. The molecule has 120 valence electrons. The molecule has 0 aliphatic carbocycles. The second kappa shape index (κ2) is 6.79. The van der Waals surface area contributed by atoms with Crippen LogP contribution in [0.3, 0.4) is 0 Å². The molecule has 1 atom stereocenters. The van der Waals surface area contributed by atoms with E-state index in [1.165, 1.54) is 24.3 Å². The zero-order chi connectivity index (χ0) is 16.4. The van der Waals surface area contributed by atoms with E-state index in [1.807, 2.05) is 0 Å². The maximum absolute atomic E-state index is 13.8. The number of carbonyl (C=O) groups excluding carboxylic acids is 1. The fourth-order valence-corrected chi connectivity index (χ4v) is 3.45. The first kappa shape index (κ1) is 16.1. The van der Waals surface area contributed by atoms with Crippen LogP contribution in [0.15, 0.2) is 42.5 Å². The number of hydrogen-bond acceptors (Lipinski definition) is 1. The molecule has 0 saturated heterocycles. The number of fused-ring (bicyclic) bond motifs is 1. The van der Waals surface area contributed by atoms with Gasteiger partial charge in [0.1, 0.15) is 11.6 Å². The first-order valence-corrected chi connectivity index (χ1v) is 8.63. The Morgan fingerprint density at radius 3 is 2.52 bits per heavy atom. The molecule has 1 aliphatic heterocycles. The van der Waals surface area contributed by atoms with Crippen LogP contribution in [0.25, 0.3) is 0 Å². The second-order valence-electron chi connectivity index (χ2n) is 5.63. The van der Waals surface area contributed by atoms with Gasteiger partial charge in [0.25, 0.3) is 0 Å². The lowest BCUT2D eigenvalue weighted by Gasteiger charge is -2.24. The van der Waals surface area contributed by atoms with Gasteiger partial charge in [0, 0.05) is 12.5 Å². The van der Waals surface area contributed by atoms with E-state index in [9.17, 15) is 13.6 Å². The Balaban J connectivity index is 2.09. The van der Waals surface area contributed by atoms with E-state index in [4.69, 9.17) is 0 Å². The standard InChI is InChI=1S/C18H16BrF2NO/c19-11-18(23)22-9-1-2-15(12-3-5-13(20)6-4-12)16-8-7-14(21)10-17(16)22/h3-8,10,15H,1-2,9,11H2/t15-/m0/s1. The van der Waals surface area contributed by atoms with Crippen molar-refractivity contribution >= 4 is 27.5 Å². The van der Waals surface area contributed by atoms with Crippen LogP contribution in [-0.4, -0.2) is 17.8 Å². The Labute approximate surface area is 142 Å². The van der Waals surface area contributed by atoms with Crippen LogP contribution in [0.1, 0.15) is 29.9 Å². The minimum Gasteiger partial charge on any atom is -0.311 e. The summed E-state index contributed by atoms with van der Waals surface area (Å²) in [5.41, 5.74) is 2.50. The second-order valence-corrected chi connectivity index (χ2v) is 6.19. The predicted octanol–water partition coefficient (Wildman–Crippen LogP) is 4.62. The van der Waals surface area contributed by atoms with Crippen molar-refractivity contribution in [2.24, 2.45) is 0 Å². The number of hydrogen-bond donors (Lipinski definition) is 0. The average molecular weight is 380 g/mol. The Morgan fingerprint density at radius 2 is 1.83 bits per heavy atom. The molecular formula is C18H16BrF2NO. The maximum Gasteiger partial charge on any atom is 0.237 e. The molecule has 23 heavy (non-hydrogen) atoms. The largest absolute Gasteiger partial charge is 0.311 e. The highest BCUT2D eigenvalue weighted by Crippen LogP contribution is 2.39. The summed E-state index contributed by atoms with van der Waals surface area (Å²) in [6.45, 7) is 0.554. The van der Waals surface area contributed by atoms with Gasteiger partial charge in [-0.05, 0) is 48.2 Å². The minimum absolute atomic E-state index is 0.0272. The molecule has 0 aromatic heterocycles. The van der Waals surface area contributed by atoms with Gasteiger partial charge < -0.3 is 4.90 Å². The van der Waals surface area contributed by atoms with Crippen LogP contribution in [0.4, 0.5) is 14.5 Å². The third kappa shape index (κ3) is 3.29. The van der Waals surface area contributed by atoms with Crippen LogP contribution in [-0.2, 0) is 4.79 Å². The highest BCUT2D eigenvalue weighted by Gasteiger charge is 2.27. The molecule has 0 N–H and O–H groups in total. The Kier molecular flexibility index (Phi) is 4.76. The predicted molar refractivity (Wildman–Crippen MR) is 90.0 cm³/mol. The van der Waals surface area contributed by atoms with E-state index in [0.29, 0.717) is 12.2 Å². The normalized spacial score (nSPS) is 17.5. The monoisotopic (exact) mass is 379 g/mol. The summed E-state index contributed by atoms with van der Waals surface area (Å²) in [5.74, 6) is -0.704. The van der Waals surface area contributed by atoms with Gasteiger partial charge in [-0.25, -0.2) is 8.78 Å². The zero-order valence-corrected chi connectivity index (χ0v) is 14.0. The highest BCUT2D eigenvalue weighted by molar-refractivity contribution is 9.09. The quantitative estimate of drug-likeness (QED) is 0.697. The van der Waals surface area contributed by atoms with E-state index >= 15 is 0 Å².